The van der Waals surface area contributed by atoms with Crippen LogP contribution in [0.25, 0.3) is 23.0 Å². The van der Waals surface area contributed by atoms with Crippen LogP contribution in [0.5, 0.6) is 0 Å². The number of imidazole rings is 2. The first kappa shape index (κ1) is 25.8. The summed E-state index contributed by atoms with van der Waals surface area (Å²) in [4.78, 5) is 44.1. The number of aromatic nitrogens is 6. The second kappa shape index (κ2) is 10.7. The van der Waals surface area contributed by atoms with Crippen molar-refractivity contribution in [1.29, 1.82) is 0 Å². The van der Waals surface area contributed by atoms with E-state index in [-0.39, 0.29) is 5.91 Å². The lowest BCUT2D eigenvalue weighted by Gasteiger charge is -2.19. The van der Waals surface area contributed by atoms with Crippen LogP contribution in [0.2, 0.25) is 0 Å². The molecule has 1 aliphatic rings. The van der Waals surface area contributed by atoms with Crippen LogP contribution in [-0.2, 0) is 4.79 Å². The molecule has 0 aliphatic carbocycles. The third kappa shape index (κ3) is 5.91. The van der Waals surface area contributed by atoms with Gasteiger partial charge in [0.25, 0.3) is 5.91 Å². The molecule has 11 nitrogen and oxygen atoms in total. The van der Waals surface area contributed by atoms with Gasteiger partial charge in [0.1, 0.15) is 12.0 Å². The number of amides is 1. The fourth-order valence-corrected chi connectivity index (χ4v) is 3.75. The lowest BCUT2D eigenvalue weighted by Crippen LogP contribution is -2.34. The Kier molecular flexibility index (Phi) is 7.47. The van der Waals surface area contributed by atoms with Crippen molar-refractivity contribution in [3.8, 4) is 17.5 Å². The van der Waals surface area contributed by atoms with Crippen LogP contribution < -0.4 is 0 Å². The van der Waals surface area contributed by atoms with E-state index in [1.165, 1.54) is 0 Å². The predicted molar refractivity (Wildman–Crippen MR) is 125 cm³/mol. The van der Waals surface area contributed by atoms with Crippen molar-refractivity contribution >= 4 is 17.4 Å². The molecule has 5 rings (SSSR count). The maximum Gasteiger partial charge on any atom is 0.490 e. The number of halogens is 3. The standard InChI is InChI=1S/C21H22N8O.C2HF3O2/c1-26-9-5-10-27(13-12-26)20(30)18-17-6-2-3-11-29(17)19(25-18)16-14-28(15-24-16)21-22-7-4-8-23-21;3-2(4,5)1(6)7/h2-4,6-8,11,14-15H,5,9-10,12-13H2,1H3;(H,6,7). The highest BCUT2D eigenvalue weighted by molar-refractivity contribution is 6.00. The van der Waals surface area contributed by atoms with Crippen molar-refractivity contribution in [2.45, 2.75) is 12.6 Å². The monoisotopic (exact) mass is 516 g/mol. The lowest BCUT2D eigenvalue weighted by atomic mass is 10.3. The molecule has 1 amide bonds. The van der Waals surface area contributed by atoms with E-state index in [1.54, 1.807) is 29.4 Å². The van der Waals surface area contributed by atoms with Crippen LogP contribution in [0.1, 0.15) is 16.9 Å². The Labute approximate surface area is 208 Å². The summed E-state index contributed by atoms with van der Waals surface area (Å²) in [5.41, 5.74) is 1.89. The quantitative estimate of drug-likeness (QED) is 0.441. The molecule has 0 unspecified atom stereocenters. The Balaban J connectivity index is 0.000000405. The predicted octanol–water partition coefficient (Wildman–Crippen LogP) is 2.39. The summed E-state index contributed by atoms with van der Waals surface area (Å²) in [7, 11) is 2.09. The molecule has 0 spiro atoms. The van der Waals surface area contributed by atoms with Crippen LogP contribution in [0.4, 0.5) is 13.2 Å². The van der Waals surface area contributed by atoms with E-state index < -0.39 is 12.1 Å². The Morgan fingerprint density at radius 3 is 2.43 bits per heavy atom. The SMILES string of the molecule is CN1CCCN(C(=O)c2nc(-c3cn(-c4ncccn4)cn3)n3ccccc23)CC1.O=C(O)C(F)(F)F. The fraction of sp³-hybridized carbons (Fsp3) is 0.304. The topological polar surface area (TPSA) is 122 Å². The van der Waals surface area contributed by atoms with Crippen molar-refractivity contribution in [3.05, 3.63) is 61.1 Å². The number of carboxylic acid groups (broad SMARTS) is 1. The smallest absolute Gasteiger partial charge is 0.475 e. The zero-order valence-electron chi connectivity index (χ0n) is 19.7. The van der Waals surface area contributed by atoms with E-state index >= 15 is 0 Å². The minimum absolute atomic E-state index is 0.0360. The lowest BCUT2D eigenvalue weighted by molar-refractivity contribution is -0.192. The minimum atomic E-state index is -5.08. The first-order valence-electron chi connectivity index (χ1n) is 11.2. The van der Waals surface area contributed by atoms with Crippen LogP contribution >= 0.6 is 0 Å². The van der Waals surface area contributed by atoms with E-state index in [4.69, 9.17) is 14.9 Å². The van der Waals surface area contributed by atoms with Crippen molar-refractivity contribution in [1.82, 2.24) is 38.7 Å². The van der Waals surface area contributed by atoms with Crippen LogP contribution in [-0.4, -0.2) is 95.1 Å². The number of rotatable bonds is 3. The molecule has 1 fully saturated rings. The summed E-state index contributed by atoms with van der Waals surface area (Å²) >= 11 is 0. The van der Waals surface area contributed by atoms with Gasteiger partial charge < -0.3 is 14.9 Å². The Morgan fingerprint density at radius 1 is 1.00 bits per heavy atom. The van der Waals surface area contributed by atoms with Crippen LogP contribution in [0.3, 0.4) is 0 Å². The van der Waals surface area contributed by atoms with Gasteiger partial charge in [-0.1, -0.05) is 6.07 Å². The third-order valence-corrected chi connectivity index (χ3v) is 5.59. The average Bonchev–Trinajstić information content (AvgIpc) is 3.45. The maximum atomic E-state index is 13.3. The van der Waals surface area contributed by atoms with Gasteiger partial charge in [0.05, 0.1) is 5.52 Å². The van der Waals surface area contributed by atoms with Crippen molar-refractivity contribution in [3.63, 3.8) is 0 Å². The highest BCUT2D eigenvalue weighted by Gasteiger charge is 2.38. The molecule has 0 bridgehead atoms. The maximum absolute atomic E-state index is 13.3. The summed E-state index contributed by atoms with van der Waals surface area (Å²) in [6.45, 7) is 3.31. The number of hydrogen-bond donors (Lipinski definition) is 1. The van der Waals surface area contributed by atoms with E-state index in [0.717, 1.165) is 31.6 Å². The second-order valence-electron chi connectivity index (χ2n) is 8.21. The second-order valence-corrected chi connectivity index (χ2v) is 8.21. The summed E-state index contributed by atoms with van der Waals surface area (Å²) in [6.07, 6.45) is 4.63. The van der Waals surface area contributed by atoms with E-state index in [0.29, 0.717) is 29.7 Å². The zero-order chi connectivity index (χ0) is 26.6. The number of carbonyl (C=O) groups excluding carboxylic acids is 1. The average molecular weight is 516 g/mol. The molecule has 0 atom stereocenters. The number of alkyl halides is 3. The molecular weight excluding hydrogens is 493 g/mol. The molecule has 37 heavy (non-hydrogen) atoms. The largest absolute Gasteiger partial charge is 0.490 e. The highest BCUT2D eigenvalue weighted by Crippen LogP contribution is 2.23. The van der Waals surface area contributed by atoms with E-state index in [1.807, 2.05) is 39.9 Å². The number of aliphatic carboxylic acids is 1. The van der Waals surface area contributed by atoms with Crippen LogP contribution in [0, 0.1) is 0 Å². The third-order valence-electron chi connectivity index (χ3n) is 5.59. The van der Waals surface area contributed by atoms with Crippen LogP contribution in [0.15, 0.2) is 55.4 Å². The molecule has 4 aromatic heterocycles. The van der Waals surface area contributed by atoms with Gasteiger partial charge in [-0.25, -0.2) is 24.7 Å². The normalized spacial score (nSPS) is 14.6. The zero-order valence-corrected chi connectivity index (χ0v) is 19.7. The van der Waals surface area contributed by atoms with E-state index in [2.05, 4.69) is 26.9 Å². The van der Waals surface area contributed by atoms with Gasteiger partial charge in [-0.15, -0.1) is 0 Å². The number of fused-ring (bicyclic) bond motifs is 1. The van der Waals surface area contributed by atoms with E-state index in [9.17, 15) is 18.0 Å². The fourth-order valence-electron chi connectivity index (χ4n) is 3.75. The van der Waals surface area contributed by atoms with Gasteiger partial charge in [0.15, 0.2) is 11.5 Å². The molecule has 0 saturated carbocycles. The molecule has 4 aromatic rings. The molecule has 1 aliphatic heterocycles. The van der Waals surface area contributed by atoms with Gasteiger partial charge in [-0.2, -0.15) is 13.2 Å². The number of carbonyl (C=O) groups is 2. The van der Waals surface area contributed by atoms with Crippen molar-refractivity contribution < 1.29 is 27.9 Å². The Morgan fingerprint density at radius 2 is 1.73 bits per heavy atom. The van der Waals surface area contributed by atoms with Gasteiger partial charge in [0.2, 0.25) is 5.95 Å². The highest BCUT2D eigenvalue weighted by atomic mass is 19.4. The Hall–Kier alpha value is -4.33. The molecule has 194 valence electrons. The summed E-state index contributed by atoms with van der Waals surface area (Å²) < 4.78 is 35.4. The van der Waals surface area contributed by atoms with Gasteiger partial charge in [0, 0.05) is 44.4 Å². The van der Waals surface area contributed by atoms with Crippen molar-refractivity contribution in [2.24, 2.45) is 0 Å². The van der Waals surface area contributed by atoms with Gasteiger partial charge in [-0.05, 0) is 38.2 Å². The molecule has 5 heterocycles. The van der Waals surface area contributed by atoms with Gasteiger partial charge in [-0.3, -0.25) is 13.8 Å². The molecule has 0 radical (unpaired) electrons. The number of pyridine rings is 1. The van der Waals surface area contributed by atoms with Gasteiger partial charge >= 0.3 is 12.1 Å². The summed E-state index contributed by atoms with van der Waals surface area (Å²) in [5, 5.41) is 7.12. The number of nitrogens with zero attached hydrogens (tertiary/aromatic N) is 8. The Bertz CT molecular complexity index is 1390. The molecular formula is C23H23F3N8O3. The first-order valence-corrected chi connectivity index (χ1v) is 11.2. The number of carboxylic acids is 1. The molecule has 1 saturated heterocycles. The molecule has 14 heteroatoms. The summed E-state index contributed by atoms with van der Waals surface area (Å²) in [5.74, 6) is -1.64. The first-order chi connectivity index (χ1) is 17.6. The molecule has 0 aromatic carbocycles. The molecule has 1 N–H and O–H groups in total. The minimum Gasteiger partial charge on any atom is -0.475 e. The van der Waals surface area contributed by atoms with Crippen molar-refractivity contribution in [2.75, 3.05) is 33.2 Å². The number of hydrogen-bond acceptors (Lipinski definition) is 7. The number of likely N-dealkylation sites (N-methyl/N-ethyl adjacent to an activating group) is 1. The summed E-state index contributed by atoms with van der Waals surface area (Å²) in [6, 6.07) is 7.53.